The van der Waals surface area contributed by atoms with Gasteiger partial charge in [-0.25, -0.2) is 14.8 Å². The van der Waals surface area contributed by atoms with Crippen LogP contribution in [0.5, 0.6) is 0 Å². The average Bonchev–Trinajstić information content (AvgIpc) is 2.68. The third-order valence-corrected chi connectivity index (χ3v) is 4.06. The lowest BCUT2D eigenvalue weighted by Gasteiger charge is -2.11. The minimum absolute atomic E-state index is 0.187. The van der Waals surface area contributed by atoms with Crippen molar-refractivity contribution in [2.24, 2.45) is 0 Å². The topological polar surface area (TPSA) is 102 Å². The number of carboxylic acid groups (broad SMARTS) is 1. The molecule has 0 saturated heterocycles. The number of pyridine rings is 1. The third-order valence-electron chi connectivity index (χ3n) is 4.06. The molecule has 0 fully saturated rings. The van der Waals surface area contributed by atoms with Crippen LogP contribution in [0.3, 0.4) is 0 Å². The molecule has 0 amide bonds. The van der Waals surface area contributed by atoms with Gasteiger partial charge in [0, 0.05) is 34.6 Å². The summed E-state index contributed by atoms with van der Waals surface area (Å²) >= 11 is 0. The highest BCUT2D eigenvalue weighted by Crippen LogP contribution is 2.32. The lowest BCUT2D eigenvalue weighted by atomic mass is 10.0. The standard InChI is InChI=1S/C20H14N4O2/c21-15-7-2-8-16-17(15)18(12-4-1-5-13(10-12)20(25)26)24-19(23-16)14-6-3-9-22-11-14/h1-11H,21H2,(H,25,26). The number of carboxylic acids is 1. The minimum Gasteiger partial charge on any atom is -0.478 e. The Hall–Kier alpha value is -3.80. The molecule has 0 aliphatic heterocycles. The predicted octanol–water partition coefficient (Wildman–Crippen LogP) is 3.64. The molecule has 0 atom stereocenters. The number of carbonyl (C=O) groups is 1. The maximum absolute atomic E-state index is 11.3. The van der Waals surface area contributed by atoms with E-state index in [4.69, 9.17) is 5.73 Å². The molecule has 0 bridgehead atoms. The van der Waals surface area contributed by atoms with Crippen molar-refractivity contribution in [1.29, 1.82) is 0 Å². The van der Waals surface area contributed by atoms with Gasteiger partial charge in [-0.3, -0.25) is 4.98 Å². The van der Waals surface area contributed by atoms with Crippen LogP contribution in [-0.4, -0.2) is 26.0 Å². The van der Waals surface area contributed by atoms with Crippen LogP contribution in [0, 0.1) is 0 Å². The van der Waals surface area contributed by atoms with Gasteiger partial charge in [0.05, 0.1) is 16.8 Å². The van der Waals surface area contributed by atoms with E-state index in [0.717, 1.165) is 5.56 Å². The minimum atomic E-state index is -0.995. The van der Waals surface area contributed by atoms with E-state index in [-0.39, 0.29) is 5.56 Å². The van der Waals surface area contributed by atoms with E-state index in [1.807, 2.05) is 30.3 Å². The quantitative estimate of drug-likeness (QED) is 0.551. The molecule has 0 unspecified atom stereocenters. The zero-order chi connectivity index (χ0) is 18.1. The average molecular weight is 342 g/mol. The van der Waals surface area contributed by atoms with Crippen molar-refractivity contribution in [1.82, 2.24) is 15.0 Å². The Kier molecular flexibility index (Phi) is 3.78. The van der Waals surface area contributed by atoms with E-state index in [9.17, 15) is 9.90 Å². The Balaban J connectivity index is 2.04. The van der Waals surface area contributed by atoms with Crippen LogP contribution >= 0.6 is 0 Å². The number of benzene rings is 2. The highest BCUT2D eigenvalue weighted by molar-refractivity contribution is 6.02. The Morgan fingerprint density at radius 2 is 1.77 bits per heavy atom. The van der Waals surface area contributed by atoms with Crippen LogP contribution in [-0.2, 0) is 0 Å². The van der Waals surface area contributed by atoms with Crippen molar-refractivity contribution < 1.29 is 9.90 Å². The van der Waals surface area contributed by atoms with Gasteiger partial charge in [0.25, 0.3) is 0 Å². The smallest absolute Gasteiger partial charge is 0.335 e. The molecule has 4 rings (SSSR count). The largest absolute Gasteiger partial charge is 0.478 e. The summed E-state index contributed by atoms with van der Waals surface area (Å²) in [5.41, 5.74) is 9.62. The first-order valence-corrected chi connectivity index (χ1v) is 7.94. The van der Waals surface area contributed by atoms with Gasteiger partial charge in [0.2, 0.25) is 0 Å². The highest BCUT2D eigenvalue weighted by Gasteiger charge is 2.15. The third kappa shape index (κ3) is 2.73. The summed E-state index contributed by atoms with van der Waals surface area (Å²) in [6.45, 7) is 0. The molecule has 126 valence electrons. The fourth-order valence-electron chi connectivity index (χ4n) is 2.84. The van der Waals surface area contributed by atoms with E-state index < -0.39 is 5.97 Å². The van der Waals surface area contributed by atoms with Crippen molar-refractivity contribution in [2.45, 2.75) is 0 Å². The van der Waals surface area contributed by atoms with Crippen LogP contribution < -0.4 is 5.73 Å². The summed E-state index contributed by atoms with van der Waals surface area (Å²) in [6, 6.07) is 15.8. The second-order valence-electron chi connectivity index (χ2n) is 5.76. The summed E-state index contributed by atoms with van der Waals surface area (Å²) in [4.78, 5) is 24.7. The number of fused-ring (bicyclic) bond motifs is 1. The van der Waals surface area contributed by atoms with Crippen molar-refractivity contribution in [3.05, 3.63) is 72.6 Å². The lowest BCUT2D eigenvalue weighted by Crippen LogP contribution is -2.00. The van der Waals surface area contributed by atoms with Gasteiger partial charge in [-0.15, -0.1) is 0 Å². The Labute approximate surface area is 149 Å². The van der Waals surface area contributed by atoms with Crippen molar-refractivity contribution in [3.63, 3.8) is 0 Å². The van der Waals surface area contributed by atoms with Crippen LogP contribution in [0.2, 0.25) is 0 Å². The molecule has 4 aromatic rings. The van der Waals surface area contributed by atoms with Gasteiger partial charge < -0.3 is 10.8 Å². The number of rotatable bonds is 3. The Morgan fingerprint density at radius 1 is 0.962 bits per heavy atom. The fraction of sp³-hybridized carbons (Fsp3) is 0. The fourth-order valence-corrected chi connectivity index (χ4v) is 2.84. The molecule has 2 aromatic heterocycles. The van der Waals surface area contributed by atoms with Gasteiger partial charge in [-0.05, 0) is 36.4 Å². The number of hydrogen-bond donors (Lipinski definition) is 2. The van der Waals surface area contributed by atoms with Gasteiger partial charge in [-0.2, -0.15) is 0 Å². The Bertz CT molecular complexity index is 1130. The lowest BCUT2D eigenvalue weighted by molar-refractivity contribution is 0.0697. The molecule has 26 heavy (non-hydrogen) atoms. The number of aromatic nitrogens is 3. The monoisotopic (exact) mass is 342 g/mol. The summed E-state index contributed by atoms with van der Waals surface area (Å²) in [6.07, 6.45) is 3.37. The molecular weight excluding hydrogens is 328 g/mol. The Morgan fingerprint density at radius 3 is 2.54 bits per heavy atom. The highest BCUT2D eigenvalue weighted by atomic mass is 16.4. The molecule has 6 nitrogen and oxygen atoms in total. The van der Waals surface area contributed by atoms with Crippen LogP contribution in [0.4, 0.5) is 5.69 Å². The van der Waals surface area contributed by atoms with Crippen molar-refractivity contribution in [2.75, 3.05) is 5.73 Å². The number of nitrogen functional groups attached to an aromatic ring is 1. The van der Waals surface area contributed by atoms with Gasteiger partial charge in [-0.1, -0.05) is 18.2 Å². The van der Waals surface area contributed by atoms with Gasteiger partial charge in [0.15, 0.2) is 5.82 Å². The summed E-state index contributed by atoms with van der Waals surface area (Å²) in [5, 5.41) is 9.99. The number of hydrogen-bond acceptors (Lipinski definition) is 5. The maximum atomic E-state index is 11.3. The molecule has 2 aromatic carbocycles. The molecule has 6 heteroatoms. The van der Waals surface area contributed by atoms with Crippen molar-refractivity contribution in [3.8, 4) is 22.6 Å². The second kappa shape index (κ2) is 6.25. The molecule has 0 radical (unpaired) electrons. The molecular formula is C20H14N4O2. The van der Waals surface area contributed by atoms with Gasteiger partial charge >= 0.3 is 5.97 Å². The molecule has 0 spiro atoms. The zero-order valence-electron chi connectivity index (χ0n) is 13.6. The van der Waals surface area contributed by atoms with E-state index in [1.165, 1.54) is 0 Å². The molecule has 3 N–H and O–H groups in total. The van der Waals surface area contributed by atoms with E-state index in [2.05, 4.69) is 15.0 Å². The van der Waals surface area contributed by atoms with E-state index in [0.29, 0.717) is 33.7 Å². The molecule has 2 heterocycles. The zero-order valence-corrected chi connectivity index (χ0v) is 13.6. The summed E-state index contributed by atoms with van der Waals surface area (Å²) in [7, 11) is 0. The normalized spacial score (nSPS) is 10.8. The molecule has 0 saturated carbocycles. The van der Waals surface area contributed by atoms with E-state index >= 15 is 0 Å². The number of nitrogens with two attached hydrogens (primary N) is 1. The van der Waals surface area contributed by atoms with Gasteiger partial charge in [0.1, 0.15) is 0 Å². The van der Waals surface area contributed by atoms with Crippen LogP contribution in [0.15, 0.2) is 67.0 Å². The SMILES string of the molecule is Nc1cccc2nc(-c3cccnc3)nc(-c3cccc(C(=O)O)c3)c12. The number of nitrogens with zero attached hydrogens (tertiary/aromatic N) is 3. The van der Waals surface area contributed by atoms with Crippen LogP contribution in [0.25, 0.3) is 33.5 Å². The summed E-state index contributed by atoms with van der Waals surface area (Å²) < 4.78 is 0. The first-order valence-electron chi connectivity index (χ1n) is 7.94. The summed E-state index contributed by atoms with van der Waals surface area (Å²) in [5.74, 6) is -0.488. The number of aromatic carboxylic acids is 1. The van der Waals surface area contributed by atoms with Crippen molar-refractivity contribution >= 4 is 22.6 Å². The first kappa shape index (κ1) is 15.7. The maximum Gasteiger partial charge on any atom is 0.335 e. The first-order chi connectivity index (χ1) is 12.6. The second-order valence-corrected chi connectivity index (χ2v) is 5.76. The molecule has 0 aliphatic rings. The predicted molar refractivity (Wildman–Crippen MR) is 99.6 cm³/mol. The van der Waals surface area contributed by atoms with E-state index in [1.54, 1.807) is 36.7 Å². The van der Waals surface area contributed by atoms with Crippen LogP contribution in [0.1, 0.15) is 10.4 Å². The molecule has 0 aliphatic carbocycles. The number of anilines is 1.